The Hall–Kier alpha value is -1.88. The number of rotatable bonds is 1. The molecule has 0 aliphatic rings. The van der Waals surface area contributed by atoms with Crippen LogP contribution in [-0.4, -0.2) is 4.92 Å². The highest BCUT2D eigenvalue weighted by atomic mass is 79.9. The van der Waals surface area contributed by atoms with Crippen LogP contribution < -0.4 is 0 Å². The Morgan fingerprint density at radius 1 is 1.12 bits per heavy atom. The second-order valence-corrected chi connectivity index (χ2v) is 4.51. The summed E-state index contributed by atoms with van der Waals surface area (Å²) in [5, 5.41) is 12.6. The van der Waals surface area contributed by atoms with Gasteiger partial charge in [0.05, 0.1) is 15.5 Å². The van der Waals surface area contributed by atoms with Crippen LogP contribution in [0.5, 0.6) is 0 Å². The third-order valence-corrected chi connectivity index (χ3v) is 3.28. The fourth-order valence-electron chi connectivity index (χ4n) is 1.87. The van der Waals surface area contributed by atoms with Crippen molar-refractivity contribution in [2.24, 2.45) is 0 Å². The quantitative estimate of drug-likeness (QED) is 0.497. The molecule has 0 unspecified atom stereocenters. The second kappa shape index (κ2) is 3.56. The van der Waals surface area contributed by atoms with Crippen LogP contribution in [0.3, 0.4) is 0 Å². The minimum Gasteiger partial charge on any atom is -0.456 e. The van der Waals surface area contributed by atoms with Gasteiger partial charge in [0, 0.05) is 10.8 Å². The average Bonchev–Trinajstić information content (AvgIpc) is 2.65. The molecule has 0 radical (unpaired) electrons. The molecule has 2 aromatic carbocycles. The van der Waals surface area contributed by atoms with Gasteiger partial charge in [-0.3, -0.25) is 10.1 Å². The molecule has 0 aliphatic carbocycles. The topological polar surface area (TPSA) is 56.3 Å². The zero-order valence-corrected chi connectivity index (χ0v) is 10.1. The molecule has 0 bridgehead atoms. The van der Waals surface area contributed by atoms with E-state index in [1.807, 2.05) is 24.3 Å². The van der Waals surface area contributed by atoms with E-state index in [4.69, 9.17) is 4.42 Å². The van der Waals surface area contributed by atoms with Gasteiger partial charge in [-0.25, -0.2) is 0 Å². The lowest BCUT2D eigenvalue weighted by Crippen LogP contribution is -1.88. The van der Waals surface area contributed by atoms with E-state index in [-0.39, 0.29) is 5.69 Å². The van der Waals surface area contributed by atoms with E-state index >= 15 is 0 Å². The molecule has 1 aromatic heterocycles. The van der Waals surface area contributed by atoms with Crippen molar-refractivity contribution in [2.75, 3.05) is 0 Å². The number of furan rings is 1. The van der Waals surface area contributed by atoms with Gasteiger partial charge in [0.2, 0.25) is 0 Å². The first-order valence-electron chi connectivity index (χ1n) is 4.92. The average molecular weight is 292 g/mol. The molecular formula is C12H6BrNO3. The fourth-order valence-corrected chi connectivity index (χ4v) is 2.36. The maximum absolute atomic E-state index is 10.8. The summed E-state index contributed by atoms with van der Waals surface area (Å²) in [7, 11) is 0. The van der Waals surface area contributed by atoms with Crippen LogP contribution in [0, 0.1) is 10.1 Å². The molecule has 0 N–H and O–H groups in total. The van der Waals surface area contributed by atoms with Crippen molar-refractivity contribution in [1.29, 1.82) is 0 Å². The van der Waals surface area contributed by atoms with Gasteiger partial charge in [-0.1, -0.05) is 18.2 Å². The standard InChI is InChI=1S/C12H6BrNO3/c13-9-5-8-7-3-1-2-4-11(7)17-12(8)6-10(9)14(15)16/h1-6H. The Balaban J connectivity index is 2.46. The Kier molecular flexibility index (Phi) is 2.16. The van der Waals surface area contributed by atoms with Crippen LogP contribution in [-0.2, 0) is 0 Å². The number of nitro benzene ring substituents is 1. The molecule has 17 heavy (non-hydrogen) atoms. The molecule has 84 valence electrons. The lowest BCUT2D eigenvalue weighted by Gasteiger charge is -1.95. The summed E-state index contributed by atoms with van der Waals surface area (Å²) in [6, 6.07) is 10.7. The van der Waals surface area contributed by atoms with E-state index in [1.165, 1.54) is 6.07 Å². The lowest BCUT2D eigenvalue weighted by molar-refractivity contribution is -0.385. The molecule has 0 amide bonds. The first-order chi connectivity index (χ1) is 8.16. The second-order valence-electron chi connectivity index (χ2n) is 3.66. The molecule has 0 spiro atoms. The molecule has 0 saturated carbocycles. The van der Waals surface area contributed by atoms with Crippen molar-refractivity contribution in [3.05, 3.63) is 51.0 Å². The van der Waals surface area contributed by atoms with E-state index in [1.54, 1.807) is 6.07 Å². The molecule has 4 nitrogen and oxygen atoms in total. The number of halogens is 1. The summed E-state index contributed by atoms with van der Waals surface area (Å²) in [5.41, 5.74) is 1.27. The molecular weight excluding hydrogens is 286 g/mol. The third-order valence-electron chi connectivity index (χ3n) is 2.64. The van der Waals surface area contributed by atoms with Gasteiger partial charge in [-0.05, 0) is 28.1 Å². The largest absolute Gasteiger partial charge is 0.456 e. The maximum Gasteiger partial charge on any atom is 0.287 e. The fraction of sp³-hybridized carbons (Fsp3) is 0. The summed E-state index contributed by atoms with van der Waals surface area (Å²) in [6.07, 6.45) is 0. The van der Waals surface area contributed by atoms with Crippen LogP contribution in [0.2, 0.25) is 0 Å². The Morgan fingerprint density at radius 2 is 1.88 bits per heavy atom. The molecule has 5 heteroatoms. The zero-order chi connectivity index (χ0) is 12.0. The molecule has 0 fully saturated rings. The van der Waals surface area contributed by atoms with Crippen molar-refractivity contribution in [3.63, 3.8) is 0 Å². The number of benzene rings is 2. The van der Waals surface area contributed by atoms with E-state index in [2.05, 4.69) is 15.9 Å². The molecule has 1 heterocycles. The van der Waals surface area contributed by atoms with Crippen molar-refractivity contribution in [3.8, 4) is 0 Å². The molecule has 0 aliphatic heterocycles. The predicted octanol–water partition coefficient (Wildman–Crippen LogP) is 4.26. The lowest BCUT2D eigenvalue weighted by atomic mass is 10.1. The predicted molar refractivity (Wildman–Crippen MR) is 68.1 cm³/mol. The molecule has 3 aromatic rings. The van der Waals surface area contributed by atoms with Crippen molar-refractivity contribution < 1.29 is 9.34 Å². The Bertz CT molecular complexity index is 748. The van der Waals surface area contributed by atoms with Gasteiger partial charge in [-0.15, -0.1) is 0 Å². The highest BCUT2D eigenvalue weighted by molar-refractivity contribution is 9.10. The van der Waals surface area contributed by atoms with Crippen LogP contribution in [0.15, 0.2) is 45.3 Å². The van der Waals surface area contributed by atoms with Gasteiger partial charge >= 0.3 is 0 Å². The highest BCUT2D eigenvalue weighted by Gasteiger charge is 2.16. The maximum atomic E-state index is 10.8. The number of fused-ring (bicyclic) bond motifs is 3. The number of hydrogen-bond acceptors (Lipinski definition) is 3. The van der Waals surface area contributed by atoms with Gasteiger partial charge < -0.3 is 4.42 Å². The summed E-state index contributed by atoms with van der Waals surface area (Å²) >= 11 is 3.21. The Morgan fingerprint density at radius 3 is 2.65 bits per heavy atom. The normalized spacial score (nSPS) is 11.1. The van der Waals surface area contributed by atoms with E-state index < -0.39 is 4.92 Å². The van der Waals surface area contributed by atoms with Crippen LogP contribution in [0.1, 0.15) is 0 Å². The number of para-hydroxylation sites is 1. The van der Waals surface area contributed by atoms with Crippen LogP contribution in [0.25, 0.3) is 21.9 Å². The van der Waals surface area contributed by atoms with Gasteiger partial charge in [-0.2, -0.15) is 0 Å². The molecule has 3 rings (SSSR count). The Labute approximate surface area is 104 Å². The van der Waals surface area contributed by atoms with Gasteiger partial charge in [0.1, 0.15) is 11.2 Å². The number of hydrogen-bond donors (Lipinski definition) is 0. The molecule has 0 saturated heterocycles. The SMILES string of the molecule is O=[N+]([O-])c1cc2oc3ccccc3c2cc1Br. The van der Waals surface area contributed by atoms with Crippen molar-refractivity contribution in [1.82, 2.24) is 0 Å². The summed E-state index contributed by atoms with van der Waals surface area (Å²) in [6.45, 7) is 0. The number of nitro groups is 1. The highest BCUT2D eigenvalue weighted by Crippen LogP contribution is 2.35. The van der Waals surface area contributed by atoms with E-state index in [0.717, 1.165) is 16.4 Å². The van der Waals surface area contributed by atoms with Crippen LogP contribution in [0.4, 0.5) is 5.69 Å². The molecule has 0 atom stereocenters. The smallest absolute Gasteiger partial charge is 0.287 e. The summed E-state index contributed by atoms with van der Waals surface area (Å²) < 4.78 is 6.03. The third kappa shape index (κ3) is 1.51. The minimum atomic E-state index is -0.434. The zero-order valence-electron chi connectivity index (χ0n) is 8.51. The number of nitrogens with zero attached hydrogens (tertiary/aromatic N) is 1. The van der Waals surface area contributed by atoms with Gasteiger partial charge in [0.15, 0.2) is 0 Å². The first-order valence-corrected chi connectivity index (χ1v) is 5.71. The van der Waals surface area contributed by atoms with Gasteiger partial charge in [0.25, 0.3) is 5.69 Å². The summed E-state index contributed by atoms with van der Waals surface area (Å²) in [5.74, 6) is 0. The van der Waals surface area contributed by atoms with Crippen LogP contribution >= 0.6 is 15.9 Å². The van der Waals surface area contributed by atoms with E-state index in [9.17, 15) is 10.1 Å². The van der Waals surface area contributed by atoms with E-state index in [0.29, 0.717) is 10.1 Å². The van der Waals surface area contributed by atoms with Crippen molar-refractivity contribution >= 4 is 43.6 Å². The summed E-state index contributed by atoms with van der Waals surface area (Å²) in [4.78, 5) is 10.4. The van der Waals surface area contributed by atoms with Crippen molar-refractivity contribution in [2.45, 2.75) is 0 Å². The minimum absolute atomic E-state index is 0.0107. The monoisotopic (exact) mass is 291 g/mol. The first kappa shape index (κ1) is 10.3.